The zero-order chi connectivity index (χ0) is 13.3. The van der Waals surface area contributed by atoms with Gasteiger partial charge in [-0.1, -0.05) is 6.07 Å². The summed E-state index contributed by atoms with van der Waals surface area (Å²) < 4.78 is 0. The van der Waals surface area contributed by atoms with Gasteiger partial charge in [0.1, 0.15) is 5.69 Å². The van der Waals surface area contributed by atoms with Crippen molar-refractivity contribution in [3.05, 3.63) is 33.9 Å². The molecule has 1 aromatic rings. The topological polar surface area (TPSA) is 83.7 Å². The standard InChI is InChI=1S/C12H14N2O4/c1-13(7-8-5-6-8)11-9(12(15)16)3-2-4-10(11)14(17)18/h2-4,8H,5-7H2,1H3,(H,15,16). The molecule has 0 heterocycles. The van der Waals surface area contributed by atoms with Crippen molar-refractivity contribution in [2.45, 2.75) is 12.8 Å². The van der Waals surface area contributed by atoms with E-state index >= 15 is 0 Å². The fraction of sp³-hybridized carbons (Fsp3) is 0.417. The maximum Gasteiger partial charge on any atom is 0.338 e. The maximum atomic E-state index is 11.2. The van der Waals surface area contributed by atoms with Crippen LogP contribution in [0, 0.1) is 16.0 Å². The lowest BCUT2D eigenvalue weighted by molar-refractivity contribution is -0.384. The number of carbonyl (C=O) groups is 1. The Kier molecular flexibility index (Phi) is 3.18. The van der Waals surface area contributed by atoms with E-state index in [-0.39, 0.29) is 16.9 Å². The van der Waals surface area contributed by atoms with E-state index in [1.165, 1.54) is 18.2 Å². The minimum atomic E-state index is -1.14. The second-order valence-corrected chi connectivity index (χ2v) is 4.56. The first-order chi connectivity index (χ1) is 8.50. The number of rotatable bonds is 5. The Balaban J connectivity index is 2.44. The number of hydrogen-bond acceptors (Lipinski definition) is 4. The molecular weight excluding hydrogens is 236 g/mol. The van der Waals surface area contributed by atoms with Crippen LogP contribution in [0.5, 0.6) is 0 Å². The summed E-state index contributed by atoms with van der Waals surface area (Å²) in [7, 11) is 1.70. The molecule has 1 fully saturated rings. The monoisotopic (exact) mass is 250 g/mol. The summed E-state index contributed by atoms with van der Waals surface area (Å²) in [5.74, 6) is -0.618. The van der Waals surface area contributed by atoms with Gasteiger partial charge in [-0.15, -0.1) is 0 Å². The van der Waals surface area contributed by atoms with Crippen molar-refractivity contribution in [3.8, 4) is 0 Å². The van der Waals surface area contributed by atoms with Crippen LogP contribution in [0.3, 0.4) is 0 Å². The molecule has 2 rings (SSSR count). The van der Waals surface area contributed by atoms with Crippen LogP contribution >= 0.6 is 0 Å². The van der Waals surface area contributed by atoms with Gasteiger partial charge >= 0.3 is 5.97 Å². The highest BCUT2D eigenvalue weighted by molar-refractivity contribution is 5.97. The SMILES string of the molecule is CN(CC1CC1)c1c(C(=O)O)cccc1[N+](=O)[O-]. The average Bonchev–Trinajstić information content (AvgIpc) is 3.11. The molecule has 1 aromatic carbocycles. The predicted molar refractivity (Wildman–Crippen MR) is 66.0 cm³/mol. The van der Waals surface area contributed by atoms with Crippen LogP contribution in [0.2, 0.25) is 0 Å². The number of nitro benzene ring substituents is 1. The minimum Gasteiger partial charge on any atom is -0.478 e. The van der Waals surface area contributed by atoms with Gasteiger partial charge in [-0.3, -0.25) is 10.1 Å². The number of benzene rings is 1. The number of nitrogens with zero attached hydrogens (tertiary/aromatic N) is 2. The fourth-order valence-corrected chi connectivity index (χ4v) is 2.03. The molecule has 96 valence electrons. The van der Waals surface area contributed by atoms with Crippen LogP contribution < -0.4 is 4.90 Å². The van der Waals surface area contributed by atoms with Crippen molar-refractivity contribution >= 4 is 17.3 Å². The highest BCUT2D eigenvalue weighted by Crippen LogP contribution is 2.35. The number of anilines is 1. The highest BCUT2D eigenvalue weighted by Gasteiger charge is 2.29. The van der Waals surface area contributed by atoms with E-state index in [0.29, 0.717) is 12.5 Å². The third-order valence-corrected chi connectivity index (χ3v) is 3.05. The van der Waals surface area contributed by atoms with Crippen molar-refractivity contribution in [2.24, 2.45) is 5.92 Å². The van der Waals surface area contributed by atoms with Crippen molar-refractivity contribution < 1.29 is 14.8 Å². The first-order valence-corrected chi connectivity index (χ1v) is 5.72. The van der Waals surface area contributed by atoms with E-state index in [1.54, 1.807) is 11.9 Å². The summed E-state index contributed by atoms with van der Waals surface area (Å²) in [6.07, 6.45) is 2.21. The lowest BCUT2D eigenvalue weighted by Crippen LogP contribution is -2.23. The first kappa shape index (κ1) is 12.3. The average molecular weight is 250 g/mol. The summed E-state index contributed by atoms with van der Waals surface area (Å²) in [6.45, 7) is 0.658. The molecule has 0 saturated heterocycles. The molecule has 0 unspecified atom stereocenters. The molecule has 6 heteroatoms. The summed E-state index contributed by atoms with van der Waals surface area (Å²) in [6, 6.07) is 4.13. The van der Waals surface area contributed by atoms with Gasteiger partial charge in [0.05, 0.1) is 10.5 Å². The summed E-state index contributed by atoms with van der Waals surface area (Å²) in [5.41, 5.74) is 0.0206. The smallest absolute Gasteiger partial charge is 0.338 e. The van der Waals surface area contributed by atoms with Crippen molar-refractivity contribution in [1.29, 1.82) is 0 Å². The van der Waals surface area contributed by atoms with Crippen LogP contribution in [-0.4, -0.2) is 29.6 Å². The first-order valence-electron chi connectivity index (χ1n) is 5.72. The van der Waals surface area contributed by atoms with Gasteiger partial charge in [-0.05, 0) is 24.8 Å². The molecule has 1 aliphatic rings. The van der Waals surface area contributed by atoms with Crippen LogP contribution in [-0.2, 0) is 0 Å². The molecule has 1 saturated carbocycles. The van der Waals surface area contributed by atoms with E-state index in [4.69, 9.17) is 5.11 Å². The Hall–Kier alpha value is -2.11. The Morgan fingerprint density at radius 2 is 2.22 bits per heavy atom. The Bertz CT molecular complexity index is 465. The number of nitro groups is 1. The third kappa shape index (κ3) is 2.42. The van der Waals surface area contributed by atoms with Gasteiger partial charge in [-0.2, -0.15) is 0 Å². The number of carboxylic acids is 1. The molecule has 0 amide bonds. The number of aromatic carboxylic acids is 1. The lowest BCUT2D eigenvalue weighted by Gasteiger charge is -2.20. The number of para-hydroxylation sites is 1. The Morgan fingerprint density at radius 3 is 2.72 bits per heavy atom. The second-order valence-electron chi connectivity index (χ2n) is 4.56. The molecule has 0 bridgehead atoms. The van der Waals surface area contributed by atoms with E-state index in [1.807, 2.05) is 0 Å². The molecule has 6 nitrogen and oxygen atoms in total. The molecule has 0 atom stereocenters. The van der Waals surface area contributed by atoms with Gasteiger partial charge < -0.3 is 10.0 Å². The Morgan fingerprint density at radius 1 is 1.56 bits per heavy atom. The van der Waals surface area contributed by atoms with Gasteiger partial charge in [-0.25, -0.2) is 4.79 Å². The van der Waals surface area contributed by atoms with Gasteiger partial charge in [0, 0.05) is 19.7 Å². The van der Waals surface area contributed by atoms with Crippen LogP contribution in [0.15, 0.2) is 18.2 Å². The maximum absolute atomic E-state index is 11.2. The van der Waals surface area contributed by atoms with E-state index in [2.05, 4.69) is 0 Å². The van der Waals surface area contributed by atoms with Gasteiger partial charge in [0.15, 0.2) is 0 Å². The second kappa shape index (κ2) is 4.64. The molecule has 0 aromatic heterocycles. The van der Waals surface area contributed by atoms with Gasteiger partial charge in [0.2, 0.25) is 0 Å². The van der Waals surface area contributed by atoms with Crippen LogP contribution in [0.25, 0.3) is 0 Å². The van der Waals surface area contributed by atoms with Crippen LogP contribution in [0.1, 0.15) is 23.2 Å². The molecule has 0 aliphatic heterocycles. The zero-order valence-electron chi connectivity index (χ0n) is 10.00. The fourth-order valence-electron chi connectivity index (χ4n) is 2.03. The largest absolute Gasteiger partial charge is 0.478 e. The summed E-state index contributed by atoms with van der Waals surface area (Å²) in [5, 5.41) is 20.1. The summed E-state index contributed by atoms with van der Waals surface area (Å²) in [4.78, 5) is 23.3. The zero-order valence-corrected chi connectivity index (χ0v) is 10.00. The Labute approximate surface area is 104 Å². The predicted octanol–water partition coefficient (Wildman–Crippen LogP) is 2.14. The molecule has 18 heavy (non-hydrogen) atoms. The molecule has 1 aliphatic carbocycles. The van der Waals surface area contributed by atoms with Crippen molar-refractivity contribution in [2.75, 3.05) is 18.5 Å². The number of hydrogen-bond donors (Lipinski definition) is 1. The van der Waals surface area contributed by atoms with Crippen molar-refractivity contribution in [1.82, 2.24) is 0 Å². The van der Waals surface area contributed by atoms with Crippen LogP contribution in [0.4, 0.5) is 11.4 Å². The van der Waals surface area contributed by atoms with E-state index < -0.39 is 10.9 Å². The molecule has 0 spiro atoms. The number of carboxylic acid groups (broad SMARTS) is 1. The highest BCUT2D eigenvalue weighted by atomic mass is 16.6. The van der Waals surface area contributed by atoms with E-state index in [0.717, 1.165) is 12.8 Å². The van der Waals surface area contributed by atoms with Gasteiger partial charge in [0.25, 0.3) is 5.69 Å². The molecule has 1 N–H and O–H groups in total. The lowest BCUT2D eigenvalue weighted by atomic mass is 10.1. The molecular formula is C12H14N2O4. The van der Waals surface area contributed by atoms with Crippen molar-refractivity contribution in [3.63, 3.8) is 0 Å². The van der Waals surface area contributed by atoms with E-state index in [9.17, 15) is 14.9 Å². The normalized spacial score (nSPS) is 14.3. The quantitative estimate of drug-likeness (QED) is 0.639. The molecule has 0 radical (unpaired) electrons. The minimum absolute atomic E-state index is 0.0210. The third-order valence-electron chi connectivity index (χ3n) is 3.05. The summed E-state index contributed by atoms with van der Waals surface area (Å²) >= 11 is 0.